The van der Waals surface area contributed by atoms with Crippen LogP contribution in [0.25, 0.3) is 22.1 Å². The van der Waals surface area contributed by atoms with Gasteiger partial charge in [-0.15, -0.1) is 0 Å². The van der Waals surface area contributed by atoms with Gasteiger partial charge in [0.1, 0.15) is 11.6 Å². The van der Waals surface area contributed by atoms with Crippen molar-refractivity contribution >= 4 is 47.4 Å². The fourth-order valence-electron chi connectivity index (χ4n) is 3.37. The molecule has 2 aromatic heterocycles. The number of carboxylic acid groups (broad SMARTS) is 1. The molecule has 0 saturated carbocycles. The van der Waals surface area contributed by atoms with Gasteiger partial charge in [0.15, 0.2) is 5.66 Å². The van der Waals surface area contributed by atoms with Gasteiger partial charge in [-0.25, -0.2) is 15.4 Å². The highest BCUT2D eigenvalue weighted by molar-refractivity contribution is 7.54. The number of rotatable bonds is 8. The smallest absolute Gasteiger partial charge is 0.363 e. The molecule has 2 amide bonds. The molecule has 0 aliphatic carbocycles. The molecule has 0 saturated heterocycles. The van der Waals surface area contributed by atoms with Gasteiger partial charge in [-0.2, -0.15) is 4.62 Å². The predicted octanol–water partition coefficient (Wildman–Crippen LogP) is 1.46. The second-order valence-electron chi connectivity index (χ2n) is 7.85. The number of aryl methyl sites for hydroxylation is 1. The lowest BCUT2D eigenvalue weighted by Gasteiger charge is -2.15. The molecule has 182 valence electrons. The predicted molar refractivity (Wildman–Crippen MR) is 124 cm³/mol. The Morgan fingerprint density at radius 2 is 1.86 bits per heavy atom. The zero-order chi connectivity index (χ0) is 25.5. The highest BCUT2D eigenvalue weighted by Crippen LogP contribution is 2.46. The summed E-state index contributed by atoms with van der Waals surface area (Å²) < 4.78 is 18.2. The van der Waals surface area contributed by atoms with Crippen molar-refractivity contribution in [3.05, 3.63) is 59.2 Å². The van der Waals surface area contributed by atoms with Gasteiger partial charge in [0.2, 0.25) is 5.91 Å². The van der Waals surface area contributed by atoms with Crippen LogP contribution in [0.2, 0.25) is 0 Å². The van der Waals surface area contributed by atoms with Crippen molar-refractivity contribution in [1.29, 1.82) is 0 Å². The van der Waals surface area contributed by atoms with E-state index < -0.39 is 31.0 Å². The van der Waals surface area contributed by atoms with Crippen LogP contribution in [0.3, 0.4) is 0 Å². The number of primary amides is 1. The number of aromatic amines is 1. The molecule has 0 bridgehead atoms. The first-order valence-electron chi connectivity index (χ1n) is 10.2. The summed E-state index contributed by atoms with van der Waals surface area (Å²) in [4.78, 5) is 56.6. The summed E-state index contributed by atoms with van der Waals surface area (Å²) in [7, 11) is -2.86. The Bertz CT molecular complexity index is 1540. The molecule has 2 heterocycles. The lowest BCUT2D eigenvalue weighted by Crippen LogP contribution is -2.27. The van der Waals surface area contributed by atoms with Gasteiger partial charge in [-0.05, 0) is 43.3 Å². The number of amides is 2. The first-order chi connectivity index (χ1) is 16.5. The van der Waals surface area contributed by atoms with E-state index in [1.165, 1.54) is 12.1 Å². The van der Waals surface area contributed by atoms with E-state index in [2.05, 4.69) is 19.6 Å². The molecular formula is C21H21N6O7P. The molecule has 13 nitrogen and oxygen atoms in total. The van der Waals surface area contributed by atoms with Crippen LogP contribution in [-0.2, 0) is 27.5 Å². The molecule has 0 spiro atoms. The monoisotopic (exact) mass is 500 g/mol. The van der Waals surface area contributed by atoms with Gasteiger partial charge in [0, 0.05) is 18.2 Å². The topological polar surface area (TPSA) is 203 Å². The second kappa shape index (κ2) is 8.95. The first kappa shape index (κ1) is 24.1. The summed E-state index contributed by atoms with van der Waals surface area (Å²) in [6.45, 7) is 0.997. The van der Waals surface area contributed by atoms with E-state index in [0.717, 1.165) is 6.92 Å². The number of fused-ring (bicyclic) bond motifs is 2. The van der Waals surface area contributed by atoms with Gasteiger partial charge < -0.3 is 25.3 Å². The number of carbonyl (C=O) groups is 3. The van der Waals surface area contributed by atoms with Crippen molar-refractivity contribution in [2.45, 2.75) is 19.0 Å². The van der Waals surface area contributed by atoms with Crippen molar-refractivity contribution in [3.63, 3.8) is 0 Å². The Kier molecular flexibility index (Phi) is 6.15. The standard InChI is InChI=1S/C21H21N6O7P/c1-10(21(30)31)35(32,33)34-26-20(29)12-4-6-14-16(8-12)27(2)18(25-14)9-17-23-13-5-3-11(19(22)28)7-15(13)24-17/h3-8,10H,9H2,1-2H3,(H2,22,28)(H,23,24)(H,26,29)(H,30,31)(H,32,33). The number of carbonyl (C=O) groups excluding carboxylic acids is 2. The third-order valence-corrected chi connectivity index (χ3v) is 7.05. The molecule has 6 N–H and O–H groups in total. The number of aromatic nitrogens is 4. The van der Waals surface area contributed by atoms with Crippen molar-refractivity contribution < 1.29 is 33.6 Å². The van der Waals surface area contributed by atoms with E-state index in [1.807, 2.05) is 5.48 Å². The minimum Gasteiger partial charge on any atom is -0.481 e. The number of H-pyrrole nitrogens is 1. The average molecular weight is 500 g/mol. The Morgan fingerprint density at radius 1 is 1.17 bits per heavy atom. The van der Waals surface area contributed by atoms with E-state index >= 15 is 0 Å². The molecule has 0 aliphatic rings. The third-order valence-electron chi connectivity index (χ3n) is 5.49. The number of carboxylic acids is 1. The zero-order valence-electron chi connectivity index (χ0n) is 18.6. The van der Waals surface area contributed by atoms with Crippen LogP contribution in [0.4, 0.5) is 0 Å². The van der Waals surface area contributed by atoms with Crippen LogP contribution >= 0.6 is 7.60 Å². The Labute approximate surface area is 197 Å². The Morgan fingerprint density at radius 3 is 2.54 bits per heavy atom. The average Bonchev–Trinajstić information content (AvgIpc) is 3.36. The Balaban J connectivity index is 1.54. The fraction of sp³-hybridized carbons (Fsp3) is 0.190. The summed E-state index contributed by atoms with van der Waals surface area (Å²) in [5.74, 6) is -1.66. The van der Waals surface area contributed by atoms with Gasteiger partial charge in [0.25, 0.3) is 5.91 Å². The maximum Gasteiger partial charge on any atom is 0.363 e. The highest BCUT2D eigenvalue weighted by atomic mass is 31.2. The SMILES string of the molecule is CC(C(=O)O)P(=O)(O)ONC(=O)c1ccc2nc(Cc3nc4ccc(C(N)=O)cc4[nH]3)n(C)c2c1. The molecule has 4 aromatic rings. The molecule has 14 heteroatoms. The number of aliphatic carboxylic acids is 1. The molecule has 0 fully saturated rings. The summed E-state index contributed by atoms with van der Waals surface area (Å²) in [5.41, 5.74) is 8.44. The van der Waals surface area contributed by atoms with E-state index in [9.17, 15) is 23.8 Å². The molecule has 2 aromatic carbocycles. The number of hydrogen-bond acceptors (Lipinski definition) is 7. The normalized spacial score (nSPS) is 14.0. The third kappa shape index (κ3) is 4.78. The summed E-state index contributed by atoms with van der Waals surface area (Å²) in [6, 6.07) is 9.49. The van der Waals surface area contributed by atoms with Crippen molar-refractivity contribution in [2.75, 3.05) is 0 Å². The molecule has 2 unspecified atom stereocenters. The number of nitrogens with zero attached hydrogens (tertiary/aromatic N) is 3. The molecule has 35 heavy (non-hydrogen) atoms. The largest absolute Gasteiger partial charge is 0.481 e. The number of nitrogens with one attached hydrogen (secondary N) is 2. The Hall–Kier alpha value is -4.06. The maximum absolute atomic E-state index is 12.4. The molecule has 0 aliphatic heterocycles. The van der Waals surface area contributed by atoms with Gasteiger partial charge in [0.05, 0.1) is 28.5 Å². The van der Waals surface area contributed by atoms with Crippen LogP contribution in [-0.4, -0.2) is 53.0 Å². The first-order valence-corrected chi connectivity index (χ1v) is 11.9. The van der Waals surface area contributed by atoms with E-state index in [0.29, 0.717) is 45.7 Å². The fourth-order valence-corrected chi connectivity index (χ4v) is 4.02. The lowest BCUT2D eigenvalue weighted by molar-refractivity contribution is -0.136. The van der Waals surface area contributed by atoms with Crippen molar-refractivity contribution in [2.24, 2.45) is 12.8 Å². The summed E-state index contributed by atoms with van der Waals surface area (Å²) in [6.07, 6.45) is 0.331. The van der Waals surface area contributed by atoms with E-state index in [-0.39, 0.29) is 5.56 Å². The van der Waals surface area contributed by atoms with E-state index in [4.69, 9.17) is 10.8 Å². The second-order valence-corrected chi connectivity index (χ2v) is 9.93. The van der Waals surface area contributed by atoms with Gasteiger partial charge in [-0.1, -0.05) is 0 Å². The minimum atomic E-state index is -4.61. The molecule has 4 rings (SSSR count). The van der Waals surface area contributed by atoms with Crippen LogP contribution in [0, 0.1) is 0 Å². The molecule has 2 atom stereocenters. The van der Waals surface area contributed by atoms with Crippen LogP contribution in [0.1, 0.15) is 39.3 Å². The number of imidazole rings is 2. The van der Waals surface area contributed by atoms with Crippen molar-refractivity contribution in [1.82, 2.24) is 25.0 Å². The van der Waals surface area contributed by atoms with Crippen LogP contribution in [0.5, 0.6) is 0 Å². The maximum atomic E-state index is 12.4. The van der Waals surface area contributed by atoms with E-state index in [1.54, 1.807) is 35.9 Å². The molecular weight excluding hydrogens is 479 g/mol. The lowest BCUT2D eigenvalue weighted by atomic mass is 10.2. The van der Waals surface area contributed by atoms with Gasteiger partial charge in [-0.3, -0.25) is 18.9 Å². The minimum absolute atomic E-state index is 0.109. The van der Waals surface area contributed by atoms with Gasteiger partial charge >= 0.3 is 13.6 Å². The van der Waals surface area contributed by atoms with Crippen LogP contribution in [0.15, 0.2) is 36.4 Å². The highest BCUT2D eigenvalue weighted by Gasteiger charge is 2.35. The van der Waals surface area contributed by atoms with Crippen molar-refractivity contribution in [3.8, 4) is 0 Å². The number of nitrogens with two attached hydrogens (primary N) is 1. The summed E-state index contributed by atoms with van der Waals surface area (Å²) >= 11 is 0. The number of hydrogen-bond donors (Lipinski definition) is 5. The molecule has 0 radical (unpaired) electrons. The zero-order valence-corrected chi connectivity index (χ0v) is 19.4. The number of hydroxylamine groups is 1. The quantitative estimate of drug-likeness (QED) is 0.175. The van der Waals surface area contributed by atoms with Crippen LogP contribution < -0.4 is 11.2 Å². The summed E-state index contributed by atoms with van der Waals surface area (Å²) in [5, 5.41) is 8.87. The number of benzene rings is 2.